The molecule has 2 aromatic carbocycles. The zero-order chi connectivity index (χ0) is 19.5. The molecule has 0 aromatic heterocycles. The van der Waals surface area contributed by atoms with Crippen molar-refractivity contribution in [3.8, 4) is 23.0 Å². The van der Waals surface area contributed by atoms with Crippen LogP contribution in [-0.4, -0.2) is 63.0 Å². The molecule has 0 amide bonds. The third-order valence-corrected chi connectivity index (χ3v) is 3.72. The van der Waals surface area contributed by atoms with Gasteiger partial charge in [0, 0.05) is 25.5 Å². The van der Waals surface area contributed by atoms with Gasteiger partial charge in [-0.05, 0) is 47.5 Å². The second-order valence-corrected chi connectivity index (χ2v) is 5.68. The van der Waals surface area contributed by atoms with Crippen LogP contribution >= 0.6 is 0 Å². The van der Waals surface area contributed by atoms with E-state index in [1.54, 1.807) is 36.7 Å². The number of nitrogens with zero attached hydrogens (tertiary/aromatic N) is 2. The monoisotopic (exact) mass is 371 g/mol. The van der Waals surface area contributed by atoms with Gasteiger partial charge in [-0.25, -0.2) is 0 Å². The van der Waals surface area contributed by atoms with Gasteiger partial charge in [0.15, 0.2) is 23.0 Å². The van der Waals surface area contributed by atoms with Crippen LogP contribution in [0.2, 0.25) is 0 Å². The molecule has 0 saturated carbocycles. The minimum Gasteiger partial charge on any atom is -0.504 e. The minimum atomic E-state index is 0.0996. The van der Waals surface area contributed by atoms with E-state index >= 15 is 0 Å². The summed E-state index contributed by atoms with van der Waals surface area (Å²) in [4.78, 5) is 8.62. The zero-order valence-electron chi connectivity index (χ0n) is 15.6. The number of aliphatic imine (C=N–C) groups is 2. The zero-order valence-corrected chi connectivity index (χ0v) is 15.6. The van der Waals surface area contributed by atoms with Crippen molar-refractivity contribution in [1.29, 1.82) is 0 Å². The van der Waals surface area contributed by atoms with Crippen LogP contribution < -0.4 is 14.8 Å². The second-order valence-electron chi connectivity index (χ2n) is 5.68. The summed E-state index contributed by atoms with van der Waals surface area (Å²) in [5, 5.41) is 22.7. The smallest absolute Gasteiger partial charge is 0.160 e. The molecule has 0 spiro atoms. The first-order valence-electron chi connectivity index (χ1n) is 8.58. The Hall–Kier alpha value is -3.06. The fourth-order valence-corrected chi connectivity index (χ4v) is 2.33. The Morgan fingerprint density at radius 1 is 0.815 bits per heavy atom. The molecule has 0 fully saturated rings. The van der Waals surface area contributed by atoms with Crippen molar-refractivity contribution in [3.05, 3.63) is 47.5 Å². The maximum absolute atomic E-state index is 9.71. The molecule has 0 aliphatic rings. The number of methoxy groups -OCH3 is 2. The van der Waals surface area contributed by atoms with E-state index in [-0.39, 0.29) is 11.5 Å². The highest BCUT2D eigenvalue weighted by Gasteiger charge is 2.01. The molecule has 0 aliphatic carbocycles. The van der Waals surface area contributed by atoms with E-state index in [1.807, 2.05) is 12.1 Å². The number of ether oxygens (including phenoxy) is 2. The third kappa shape index (κ3) is 6.63. The Morgan fingerprint density at radius 3 is 1.63 bits per heavy atom. The lowest BCUT2D eigenvalue weighted by Crippen LogP contribution is -2.20. The highest BCUT2D eigenvalue weighted by Crippen LogP contribution is 2.26. The standard InChI is InChI=1S/C20H25N3O4/c1-26-19-5-3-15(11-17(19)24)13-22-9-7-21-8-10-23-14-16-4-6-20(27-2)18(25)12-16/h3-6,11-14,21,24-25H,7-10H2,1-2H3. The van der Waals surface area contributed by atoms with E-state index in [1.165, 1.54) is 14.2 Å². The van der Waals surface area contributed by atoms with E-state index in [2.05, 4.69) is 15.3 Å². The number of hydrogen-bond acceptors (Lipinski definition) is 7. The fraction of sp³-hybridized carbons (Fsp3) is 0.300. The summed E-state index contributed by atoms with van der Waals surface area (Å²) in [5.74, 6) is 1.09. The Kier molecular flexibility index (Phi) is 8.12. The molecule has 0 unspecified atom stereocenters. The second kappa shape index (κ2) is 10.8. The van der Waals surface area contributed by atoms with Crippen LogP contribution in [0, 0.1) is 0 Å². The van der Waals surface area contributed by atoms with Gasteiger partial charge in [-0.1, -0.05) is 0 Å². The summed E-state index contributed by atoms with van der Waals surface area (Å²) in [6.45, 7) is 2.72. The summed E-state index contributed by atoms with van der Waals surface area (Å²) in [5.41, 5.74) is 1.64. The first-order chi connectivity index (χ1) is 13.1. The van der Waals surface area contributed by atoms with Crippen LogP contribution in [0.15, 0.2) is 46.4 Å². The molecular formula is C20H25N3O4. The number of phenolic OH excluding ortho intramolecular Hbond substituents is 2. The third-order valence-electron chi connectivity index (χ3n) is 3.72. The van der Waals surface area contributed by atoms with Crippen molar-refractivity contribution in [3.63, 3.8) is 0 Å². The Morgan fingerprint density at radius 2 is 1.26 bits per heavy atom. The molecule has 0 bridgehead atoms. The highest BCUT2D eigenvalue weighted by molar-refractivity contribution is 5.81. The molecule has 0 saturated heterocycles. The average Bonchev–Trinajstić information content (AvgIpc) is 2.67. The molecule has 3 N–H and O–H groups in total. The van der Waals surface area contributed by atoms with Crippen molar-refractivity contribution < 1.29 is 19.7 Å². The largest absolute Gasteiger partial charge is 0.504 e. The van der Waals surface area contributed by atoms with Gasteiger partial charge in [0.05, 0.1) is 27.3 Å². The quantitative estimate of drug-likeness (QED) is 0.440. The van der Waals surface area contributed by atoms with E-state index < -0.39 is 0 Å². The van der Waals surface area contributed by atoms with Crippen molar-refractivity contribution in [2.45, 2.75) is 0 Å². The van der Waals surface area contributed by atoms with Gasteiger partial charge in [-0.15, -0.1) is 0 Å². The van der Waals surface area contributed by atoms with Crippen LogP contribution in [0.5, 0.6) is 23.0 Å². The number of phenols is 2. The Balaban J connectivity index is 1.63. The predicted molar refractivity (Wildman–Crippen MR) is 107 cm³/mol. The van der Waals surface area contributed by atoms with E-state index in [0.29, 0.717) is 24.6 Å². The molecule has 2 aromatic rings. The molecule has 0 radical (unpaired) electrons. The van der Waals surface area contributed by atoms with E-state index in [4.69, 9.17) is 9.47 Å². The molecule has 7 nitrogen and oxygen atoms in total. The van der Waals surface area contributed by atoms with Gasteiger partial charge >= 0.3 is 0 Å². The van der Waals surface area contributed by atoms with E-state index in [0.717, 1.165) is 24.2 Å². The molecule has 144 valence electrons. The molecule has 27 heavy (non-hydrogen) atoms. The molecule has 0 atom stereocenters. The Labute approximate surface area is 159 Å². The normalized spacial score (nSPS) is 11.3. The number of hydrogen-bond donors (Lipinski definition) is 3. The summed E-state index contributed by atoms with van der Waals surface area (Å²) in [6, 6.07) is 10.3. The van der Waals surface area contributed by atoms with Gasteiger partial charge in [0.25, 0.3) is 0 Å². The van der Waals surface area contributed by atoms with Gasteiger partial charge in [0.1, 0.15) is 0 Å². The lowest BCUT2D eigenvalue weighted by molar-refractivity contribution is 0.373. The van der Waals surface area contributed by atoms with Gasteiger partial charge in [-0.3, -0.25) is 9.98 Å². The van der Waals surface area contributed by atoms with Crippen LogP contribution in [0.25, 0.3) is 0 Å². The molecule has 0 heterocycles. The topological polar surface area (TPSA) is 95.7 Å². The summed E-state index contributed by atoms with van der Waals surface area (Å²) in [6.07, 6.45) is 3.43. The van der Waals surface area contributed by atoms with Crippen LogP contribution in [0.3, 0.4) is 0 Å². The fourth-order valence-electron chi connectivity index (χ4n) is 2.33. The van der Waals surface area contributed by atoms with Crippen LogP contribution in [0.4, 0.5) is 0 Å². The SMILES string of the molecule is COc1ccc(C=NCCNCCN=Cc2ccc(OC)c(O)c2)cc1O. The highest BCUT2D eigenvalue weighted by atomic mass is 16.5. The molecule has 0 aliphatic heterocycles. The number of nitrogens with one attached hydrogen (secondary N) is 1. The van der Waals surface area contributed by atoms with Gasteiger partial charge in [0.2, 0.25) is 0 Å². The lowest BCUT2D eigenvalue weighted by atomic mass is 10.2. The Bertz CT molecular complexity index is 725. The van der Waals surface area contributed by atoms with E-state index in [9.17, 15) is 10.2 Å². The van der Waals surface area contributed by atoms with Crippen molar-refractivity contribution in [1.82, 2.24) is 5.32 Å². The summed E-state index contributed by atoms with van der Waals surface area (Å²) >= 11 is 0. The van der Waals surface area contributed by atoms with Crippen molar-refractivity contribution >= 4 is 12.4 Å². The van der Waals surface area contributed by atoms with Crippen LogP contribution in [0.1, 0.15) is 11.1 Å². The number of benzene rings is 2. The maximum Gasteiger partial charge on any atom is 0.160 e. The predicted octanol–water partition coefficient (Wildman–Crippen LogP) is 2.24. The lowest BCUT2D eigenvalue weighted by Gasteiger charge is -2.03. The molecular weight excluding hydrogens is 346 g/mol. The first kappa shape index (κ1) is 20.3. The number of rotatable bonds is 10. The maximum atomic E-state index is 9.71. The van der Waals surface area contributed by atoms with Crippen molar-refractivity contribution in [2.24, 2.45) is 9.98 Å². The molecule has 2 rings (SSSR count). The first-order valence-corrected chi connectivity index (χ1v) is 8.58. The minimum absolute atomic E-state index is 0.0996. The van der Waals surface area contributed by atoms with Crippen molar-refractivity contribution in [2.75, 3.05) is 40.4 Å². The average molecular weight is 371 g/mol. The number of aromatic hydroxyl groups is 2. The molecule has 7 heteroatoms. The summed E-state index contributed by atoms with van der Waals surface area (Å²) in [7, 11) is 3.03. The van der Waals surface area contributed by atoms with Crippen LogP contribution in [-0.2, 0) is 0 Å². The van der Waals surface area contributed by atoms with Gasteiger partial charge in [-0.2, -0.15) is 0 Å². The van der Waals surface area contributed by atoms with Gasteiger partial charge < -0.3 is 25.0 Å². The summed E-state index contributed by atoms with van der Waals surface area (Å²) < 4.78 is 10.0.